The Morgan fingerprint density at radius 2 is 1.65 bits per heavy atom. The van der Waals surface area contributed by atoms with Crippen LogP contribution in [0.3, 0.4) is 0 Å². The first-order valence-electron chi connectivity index (χ1n) is 10.8. The van der Waals surface area contributed by atoms with Crippen molar-refractivity contribution in [3.05, 3.63) is 29.8 Å². The number of nitrogens with one attached hydrogen (secondary N) is 3. The van der Waals surface area contributed by atoms with Gasteiger partial charge in [0.05, 0.1) is 18.1 Å². The topological polar surface area (TPSA) is 45.6 Å². The predicted molar refractivity (Wildman–Crippen MR) is 106 cm³/mol. The summed E-state index contributed by atoms with van der Waals surface area (Å²) in [4.78, 5) is 14.5. The van der Waals surface area contributed by atoms with Crippen LogP contribution in [0.5, 0.6) is 0 Å². The van der Waals surface area contributed by atoms with Gasteiger partial charge in [-0.2, -0.15) is 0 Å². The van der Waals surface area contributed by atoms with Gasteiger partial charge in [-0.25, -0.2) is 4.79 Å². The first-order valence-corrected chi connectivity index (χ1v) is 10.8. The van der Waals surface area contributed by atoms with E-state index in [0.29, 0.717) is 6.04 Å². The average Bonchev–Trinajstić information content (AvgIpc) is 3.15. The summed E-state index contributed by atoms with van der Waals surface area (Å²) in [5, 5.41) is 6.38. The smallest absolute Gasteiger partial charge is 0.319 e. The largest absolute Gasteiger partial charge is 0.335 e. The highest BCUT2D eigenvalue weighted by Gasteiger charge is 2.46. The molecule has 2 bridgehead atoms. The number of rotatable bonds is 4. The van der Waals surface area contributed by atoms with Crippen molar-refractivity contribution in [2.45, 2.75) is 95.3 Å². The molecule has 2 amide bonds. The van der Waals surface area contributed by atoms with E-state index in [-0.39, 0.29) is 6.03 Å². The fraction of sp³-hybridized carbons (Fsp3) is 0.682. The first kappa shape index (κ1) is 17.8. The Hall–Kier alpha value is -1.55. The molecule has 0 spiro atoms. The zero-order valence-electron chi connectivity index (χ0n) is 16.1. The van der Waals surface area contributed by atoms with Crippen molar-refractivity contribution in [3.8, 4) is 0 Å². The molecule has 2 unspecified atom stereocenters. The number of aryl methyl sites for hydroxylation is 1. The van der Waals surface area contributed by atoms with Gasteiger partial charge < -0.3 is 15.5 Å². The summed E-state index contributed by atoms with van der Waals surface area (Å²) in [6, 6.07) is 10.8. The molecule has 1 aromatic rings. The van der Waals surface area contributed by atoms with E-state index in [2.05, 4.69) is 23.6 Å². The van der Waals surface area contributed by atoms with Crippen LogP contribution >= 0.6 is 0 Å². The zero-order chi connectivity index (χ0) is 17.9. The molecule has 3 N–H and O–H groups in total. The molecule has 0 radical (unpaired) electrons. The molecule has 2 heterocycles. The van der Waals surface area contributed by atoms with Gasteiger partial charge in [-0.05, 0) is 63.0 Å². The number of amides is 2. The maximum Gasteiger partial charge on any atom is 0.319 e. The molecule has 26 heavy (non-hydrogen) atoms. The number of carbonyl (C=O) groups is 1. The molecule has 1 aromatic carbocycles. The van der Waals surface area contributed by atoms with Gasteiger partial charge in [0.1, 0.15) is 0 Å². The number of benzene rings is 1. The number of fused-ring (bicyclic) bond motifs is 2. The second-order valence-electron chi connectivity index (χ2n) is 8.58. The Labute approximate surface area is 157 Å². The molecule has 4 heteroatoms. The average molecular weight is 357 g/mol. The summed E-state index contributed by atoms with van der Waals surface area (Å²) < 4.78 is 0. The standard InChI is InChI=1S/C22H33N3O/c1-2-16-8-3-6-13-21(16)24-22(26)23-17-14-19-11-7-12-20(15-17)25(19)18-9-4-5-10-18/h3,6,8,13,17-20H,2,4-5,7,9-12,14-15H2,1H3,(H2,23,24,26)/p+1/t17?,19-,20+. The van der Waals surface area contributed by atoms with Gasteiger partial charge in [0.15, 0.2) is 0 Å². The summed E-state index contributed by atoms with van der Waals surface area (Å²) in [5.74, 6) is 0. The van der Waals surface area contributed by atoms with E-state index in [1.54, 1.807) is 0 Å². The Bertz CT molecular complexity index is 612. The quantitative estimate of drug-likeness (QED) is 0.762. The minimum atomic E-state index is -0.0294. The summed E-state index contributed by atoms with van der Waals surface area (Å²) in [6.07, 6.45) is 13.0. The van der Waals surface area contributed by atoms with Gasteiger partial charge in [0.25, 0.3) is 0 Å². The number of hydrogen-bond acceptors (Lipinski definition) is 1. The van der Waals surface area contributed by atoms with Crippen molar-refractivity contribution in [2.24, 2.45) is 0 Å². The molecule has 4 atom stereocenters. The van der Waals surface area contributed by atoms with Crippen LogP contribution in [0.4, 0.5) is 10.5 Å². The number of piperidine rings is 2. The highest BCUT2D eigenvalue weighted by molar-refractivity contribution is 5.90. The second kappa shape index (κ2) is 7.99. The van der Waals surface area contributed by atoms with Gasteiger partial charge >= 0.3 is 6.03 Å². The molecule has 1 saturated carbocycles. The van der Waals surface area contributed by atoms with Crippen molar-refractivity contribution >= 4 is 11.7 Å². The van der Waals surface area contributed by atoms with Crippen LogP contribution in [0.2, 0.25) is 0 Å². The van der Waals surface area contributed by atoms with Crippen LogP contribution in [-0.4, -0.2) is 30.2 Å². The van der Waals surface area contributed by atoms with Crippen LogP contribution < -0.4 is 15.5 Å². The Balaban J connectivity index is 1.36. The fourth-order valence-corrected chi connectivity index (χ4v) is 5.91. The van der Waals surface area contributed by atoms with E-state index in [9.17, 15) is 4.79 Å². The van der Waals surface area contributed by atoms with E-state index in [4.69, 9.17) is 0 Å². The Morgan fingerprint density at radius 1 is 1.00 bits per heavy atom. The number of urea groups is 1. The van der Waals surface area contributed by atoms with E-state index >= 15 is 0 Å². The zero-order valence-corrected chi connectivity index (χ0v) is 16.1. The summed E-state index contributed by atoms with van der Waals surface area (Å²) in [7, 11) is 0. The number of quaternary nitrogens is 1. The third-order valence-electron chi connectivity index (χ3n) is 6.99. The van der Waals surface area contributed by atoms with Gasteiger partial charge in [0.2, 0.25) is 0 Å². The minimum Gasteiger partial charge on any atom is -0.335 e. The van der Waals surface area contributed by atoms with Crippen LogP contribution in [0.25, 0.3) is 0 Å². The molecule has 0 aromatic heterocycles. The predicted octanol–water partition coefficient (Wildman–Crippen LogP) is 3.28. The molecule has 142 valence electrons. The lowest BCUT2D eigenvalue weighted by atomic mass is 9.80. The number of carbonyl (C=O) groups excluding carboxylic acids is 1. The van der Waals surface area contributed by atoms with Crippen molar-refractivity contribution in [3.63, 3.8) is 0 Å². The van der Waals surface area contributed by atoms with Crippen molar-refractivity contribution in [1.29, 1.82) is 0 Å². The molecule has 3 aliphatic rings. The summed E-state index contributed by atoms with van der Waals surface area (Å²) >= 11 is 0. The molecular weight excluding hydrogens is 322 g/mol. The van der Waals surface area contributed by atoms with E-state index in [1.807, 2.05) is 23.1 Å². The highest BCUT2D eigenvalue weighted by atomic mass is 16.2. The van der Waals surface area contributed by atoms with Crippen molar-refractivity contribution in [2.75, 3.05) is 5.32 Å². The second-order valence-corrected chi connectivity index (χ2v) is 8.58. The van der Waals surface area contributed by atoms with Crippen LogP contribution in [0.1, 0.15) is 70.3 Å². The highest BCUT2D eigenvalue weighted by Crippen LogP contribution is 2.26. The Morgan fingerprint density at radius 3 is 2.35 bits per heavy atom. The third-order valence-corrected chi connectivity index (χ3v) is 6.99. The van der Waals surface area contributed by atoms with Crippen LogP contribution in [0.15, 0.2) is 24.3 Å². The normalized spacial score (nSPS) is 31.6. The van der Waals surface area contributed by atoms with E-state index in [0.717, 1.165) is 43.1 Å². The minimum absolute atomic E-state index is 0.0294. The van der Waals surface area contributed by atoms with E-state index in [1.165, 1.54) is 50.5 Å². The lowest BCUT2D eigenvalue weighted by molar-refractivity contribution is -0.982. The molecule has 3 fully saturated rings. The molecule has 1 aliphatic carbocycles. The lowest BCUT2D eigenvalue weighted by Crippen LogP contribution is -3.24. The summed E-state index contributed by atoms with van der Waals surface area (Å²) in [5.41, 5.74) is 2.14. The monoisotopic (exact) mass is 356 g/mol. The summed E-state index contributed by atoms with van der Waals surface area (Å²) in [6.45, 7) is 2.13. The van der Waals surface area contributed by atoms with Gasteiger partial charge in [-0.15, -0.1) is 0 Å². The molecule has 2 saturated heterocycles. The SMILES string of the molecule is CCc1ccccc1NC(=O)NC1C[C@H]2CCC[C@@H](C1)[NH+]2C1CCCC1. The fourth-order valence-electron chi connectivity index (χ4n) is 5.91. The maximum atomic E-state index is 12.6. The van der Waals surface area contributed by atoms with Crippen molar-refractivity contribution in [1.82, 2.24) is 5.32 Å². The number of hydrogen-bond donors (Lipinski definition) is 3. The van der Waals surface area contributed by atoms with Crippen molar-refractivity contribution < 1.29 is 9.69 Å². The van der Waals surface area contributed by atoms with Crippen LogP contribution in [-0.2, 0) is 6.42 Å². The van der Waals surface area contributed by atoms with Gasteiger partial charge in [-0.3, -0.25) is 0 Å². The van der Waals surface area contributed by atoms with Crippen LogP contribution in [0, 0.1) is 0 Å². The van der Waals surface area contributed by atoms with Gasteiger partial charge in [0, 0.05) is 24.6 Å². The number of anilines is 1. The Kier molecular flexibility index (Phi) is 5.49. The number of para-hydroxylation sites is 1. The lowest BCUT2D eigenvalue weighted by Gasteiger charge is -2.48. The van der Waals surface area contributed by atoms with Gasteiger partial charge in [-0.1, -0.05) is 25.1 Å². The third kappa shape index (κ3) is 3.75. The molecular formula is C22H34N3O+. The molecule has 4 nitrogen and oxygen atoms in total. The van der Waals surface area contributed by atoms with E-state index < -0.39 is 0 Å². The first-order chi connectivity index (χ1) is 12.7. The molecule has 2 aliphatic heterocycles. The maximum absolute atomic E-state index is 12.6. The molecule has 4 rings (SSSR count).